The fourth-order valence-electron chi connectivity index (χ4n) is 2.82. The molecule has 4 nitrogen and oxygen atoms in total. The lowest BCUT2D eigenvalue weighted by Crippen LogP contribution is -2.30. The SMILES string of the molecule is Cc1cc(S(=O)(=O)NCC(C2CC2)C2CC2)sc1CO. The van der Waals surface area contributed by atoms with Crippen LogP contribution in [0.4, 0.5) is 0 Å². The Hall–Kier alpha value is -0.430. The molecule has 1 aromatic rings. The second-order valence-electron chi connectivity index (χ2n) is 6.02. The molecule has 112 valence electrons. The van der Waals surface area contributed by atoms with Crippen LogP contribution in [0.1, 0.15) is 36.1 Å². The quantitative estimate of drug-likeness (QED) is 0.811. The molecule has 0 amide bonds. The van der Waals surface area contributed by atoms with Gasteiger partial charge in [0.1, 0.15) is 4.21 Å². The van der Waals surface area contributed by atoms with E-state index in [1.54, 1.807) is 6.07 Å². The Morgan fingerprint density at radius 3 is 2.40 bits per heavy atom. The summed E-state index contributed by atoms with van der Waals surface area (Å²) in [5, 5.41) is 9.17. The van der Waals surface area contributed by atoms with Crippen LogP contribution in [0.3, 0.4) is 0 Å². The van der Waals surface area contributed by atoms with Crippen molar-refractivity contribution in [2.24, 2.45) is 17.8 Å². The van der Waals surface area contributed by atoms with Crippen LogP contribution in [0.15, 0.2) is 10.3 Å². The van der Waals surface area contributed by atoms with Crippen molar-refractivity contribution in [1.29, 1.82) is 0 Å². The second kappa shape index (κ2) is 5.40. The van der Waals surface area contributed by atoms with Crippen LogP contribution in [0.5, 0.6) is 0 Å². The van der Waals surface area contributed by atoms with Crippen molar-refractivity contribution in [2.45, 2.75) is 43.4 Å². The average molecular weight is 315 g/mol. The topological polar surface area (TPSA) is 66.4 Å². The van der Waals surface area contributed by atoms with Gasteiger partial charge in [0.2, 0.25) is 10.0 Å². The van der Waals surface area contributed by atoms with E-state index in [0.717, 1.165) is 22.3 Å². The number of nitrogens with one attached hydrogen (secondary N) is 1. The molecule has 2 fully saturated rings. The third-order valence-electron chi connectivity index (χ3n) is 4.37. The summed E-state index contributed by atoms with van der Waals surface area (Å²) in [5.41, 5.74) is 0.846. The van der Waals surface area contributed by atoms with E-state index in [-0.39, 0.29) is 6.61 Å². The summed E-state index contributed by atoms with van der Waals surface area (Å²) in [5.74, 6) is 2.01. The third-order valence-corrected chi connectivity index (χ3v) is 7.49. The molecular weight excluding hydrogens is 294 g/mol. The summed E-state index contributed by atoms with van der Waals surface area (Å²) in [6.07, 6.45) is 5.04. The fourth-order valence-corrected chi connectivity index (χ4v) is 5.39. The number of thiophene rings is 1. The van der Waals surface area contributed by atoms with E-state index in [0.29, 0.717) is 16.7 Å². The summed E-state index contributed by atoms with van der Waals surface area (Å²) < 4.78 is 27.8. The summed E-state index contributed by atoms with van der Waals surface area (Å²) in [7, 11) is -3.42. The Kier molecular flexibility index (Phi) is 3.92. The van der Waals surface area contributed by atoms with Crippen LogP contribution in [-0.4, -0.2) is 20.1 Å². The molecular formula is C14H21NO3S2. The molecule has 0 radical (unpaired) electrons. The minimum Gasteiger partial charge on any atom is -0.391 e. The molecule has 0 saturated heterocycles. The zero-order valence-electron chi connectivity index (χ0n) is 11.6. The Balaban J connectivity index is 1.67. The standard InChI is InChI=1S/C14H21NO3S2/c1-9-6-14(19-13(9)8-16)20(17,18)15-7-12(10-2-3-10)11-4-5-11/h6,10-12,15-16H,2-5,7-8H2,1H3. The number of hydrogen-bond acceptors (Lipinski definition) is 4. The number of aliphatic hydroxyl groups is 1. The normalized spacial score (nSPS) is 19.8. The highest BCUT2D eigenvalue weighted by molar-refractivity contribution is 7.91. The van der Waals surface area contributed by atoms with Crippen LogP contribution in [0.2, 0.25) is 0 Å². The van der Waals surface area contributed by atoms with Gasteiger partial charge in [-0.3, -0.25) is 0 Å². The predicted octanol–water partition coefficient (Wildman–Crippen LogP) is 2.26. The molecule has 2 aliphatic carbocycles. The molecule has 0 spiro atoms. The van der Waals surface area contributed by atoms with E-state index < -0.39 is 10.0 Å². The van der Waals surface area contributed by atoms with Crippen molar-refractivity contribution in [1.82, 2.24) is 4.72 Å². The van der Waals surface area contributed by atoms with Gasteiger partial charge in [-0.15, -0.1) is 11.3 Å². The molecule has 6 heteroatoms. The van der Waals surface area contributed by atoms with Gasteiger partial charge in [0.15, 0.2) is 0 Å². The third kappa shape index (κ3) is 3.08. The van der Waals surface area contributed by atoms with E-state index in [1.165, 1.54) is 37.0 Å². The Morgan fingerprint density at radius 2 is 1.95 bits per heavy atom. The molecule has 2 saturated carbocycles. The lowest BCUT2D eigenvalue weighted by molar-refractivity contribution is 0.285. The maximum atomic E-state index is 12.3. The van der Waals surface area contributed by atoms with E-state index >= 15 is 0 Å². The van der Waals surface area contributed by atoms with E-state index in [4.69, 9.17) is 0 Å². The predicted molar refractivity (Wildman–Crippen MR) is 79.1 cm³/mol. The first-order chi connectivity index (χ1) is 9.51. The minimum atomic E-state index is -3.42. The summed E-state index contributed by atoms with van der Waals surface area (Å²) >= 11 is 1.17. The van der Waals surface area contributed by atoms with Crippen molar-refractivity contribution in [3.8, 4) is 0 Å². The van der Waals surface area contributed by atoms with E-state index in [9.17, 15) is 13.5 Å². The molecule has 3 rings (SSSR count). The Bertz CT molecular complexity index is 574. The first-order valence-corrected chi connectivity index (χ1v) is 9.51. The van der Waals surface area contributed by atoms with Gasteiger partial charge in [0, 0.05) is 11.4 Å². The van der Waals surface area contributed by atoms with Crippen LogP contribution < -0.4 is 4.72 Å². The van der Waals surface area contributed by atoms with Gasteiger partial charge in [-0.25, -0.2) is 13.1 Å². The smallest absolute Gasteiger partial charge is 0.250 e. The molecule has 1 heterocycles. The average Bonchev–Trinajstić information content (AvgIpc) is 3.29. The fraction of sp³-hybridized carbons (Fsp3) is 0.714. The van der Waals surface area contributed by atoms with Crippen molar-refractivity contribution in [3.63, 3.8) is 0 Å². The molecule has 0 atom stereocenters. The van der Waals surface area contributed by atoms with Crippen molar-refractivity contribution in [2.75, 3.05) is 6.54 Å². The van der Waals surface area contributed by atoms with Gasteiger partial charge < -0.3 is 5.11 Å². The zero-order chi connectivity index (χ0) is 14.3. The highest BCUT2D eigenvalue weighted by atomic mass is 32.2. The largest absolute Gasteiger partial charge is 0.391 e. The molecule has 0 aliphatic heterocycles. The number of aliphatic hydroxyl groups excluding tert-OH is 1. The highest BCUT2D eigenvalue weighted by Gasteiger charge is 2.41. The molecule has 2 aliphatic rings. The lowest BCUT2D eigenvalue weighted by atomic mass is 9.99. The molecule has 0 aromatic carbocycles. The first-order valence-electron chi connectivity index (χ1n) is 7.21. The second-order valence-corrected chi connectivity index (χ2v) is 9.15. The van der Waals surface area contributed by atoms with Gasteiger partial charge in [-0.05, 0) is 62.0 Å². The molecule has 1 aromatic heterocycles. The molecule has 2 N–H and O–H groups in total. The number of aryl methyl sites for hydroxylation is 1. The van der Waals surface area contributed by atoms with Gasteiger partial charge in [-0.2, -0.15) is 0 Å². The number of hydrogen-bond donors (Lipinski definition) is 2. The number of rotatable bonds is 7. The van der Waals surface area contributed by atoms with Crippen LogP contribution in [-0.2, 0) is 16.6 Å². The molecule has 0 bridgehead atoms. The first kappa shape index (κ1) is 14.5. The van der Waals surface area contributed by atoms with E-state index in [1.807, 2.05) is 6.92 Å². The van der Waals surface area contributed by atoms with Gasteiger partial charge in [0.25, 0.3) is 0 Å². The van der Waals surface area contributed by atoms with E-state index in [2.05, 4.69) is 4.72 Å². The molecule has 0 unspecified atom stereocenters. The Labute approximate surface area is 124 Å². The van der Waals surface area contributed by atoms with Crippen LogP contribution in [0.25, 0.3) is 0 Å². The minimum absolute atomic E-state index is 0.0984. The van der Waals surface area contributed by atoms with Crippen LogP contribution in [0, 0.1) is 24.7 Å². The van der Waals surface area contributed by atoms with Crippen molar-refractivity contribution >= 4 is 21.4 Å². The number of sulfonamides is 1. The summed E-state index contributed by atoms with van der Waals surface area (Å²) in [6, 6.07) is 1.65. The maximum absolute atomic E-state index is 12.3. The van der Waals surface area contributed by atoms with Crippen LogP contribution >= 0.6 is 11.3 Å². The maximum Gasteiger partial charge on any atom is 0.250 e. The zero-order valence-corrected chi connectivity index (χ0v) is 13.3. The summed E-state index contributed by atoms with van der Waals surface area (Å²) in [6.45, 7) is 2.31. The Morgan fingerprint density at radius 1 is 1.35 bits per heavy atom. The van der Waals surface area contributed by atoms with Gasteiger partial charge >= 0.3 is 0 Å². The van der Waals surface area contributed by atoms with Crippen molar-refractivity contribution < 1.29 is 13.5 Å². The summed E-state index contributed by atoms with van der Waals surface area (Å²) in [4.78, 5) is 0.728. The molecule has 20 heavy (non-hydrogen) atoms. The monoisotopic (exact) mass is 315 g/mol. The van der Waals surface area contributed by atoms with Crippen molar-refractivity contribution in [3.05, 3.63) is 16.5 Å². The lowest BCUT2D eigenvalue weighted by Gasteiger charge is -2.15. The van der Waals surface area contributed by atoms with Gasteiger partial charge in [0.05, 0.1) is 6.61 Å². The highest BCUT2D eigenvalue weighted by Crippen LogP contribution is 2.48. The van der Waals surface area contributed by atoms with Gasteiger partial charge in [-0.1, -0.05) is 0 Å².